The average Bonchev–Trinajstić information content (AvgIpc) is 2.23. The summed E-state index contributed by atoms with van der Waals surface area (Å²) in [4.78, 5) is 10.9. The Morgan fingerprint density at radius 1 is 1.26 bits per heavy atom. The minimum absolute atomic E-state index is 0.178. The van der Waals surface area contributed by atoms with Gasteiger partial charge in [0.2, 0.25) is 0 Å². The fourth-order valence-corrected chi connectivity index (χ4v) is 3.33. The van der Waals surface area contributed by atoms with Crippen molar-refractivity contribution < 1.29 is 9.53 Å². The maximum absolute atomic E-state index is 10.9. The van der Waals surface area contributed by atoms with Gasteiger partial charge in [-0.3, -0.25) is 4.79 Å². The van der Waals surface area contributed by atoms with Crippen molar-refractivity contribution in [1.82, 2.24) is 0 Å². The lowest BCUT2D eigenvalue weighted by Gasteiger charge is -2.51. The van der Waals surface area contributed by atoms with Crippen molar-refractivity contribution in [2.45, 2.75) is 59.3 Å². The van der Waals surface area contributed by atoms with E-state index in [-0.39, 0.29) is 5.97 Å². The van der Waals surface area contributed by atoms with Crippen molar-refractivity contribution in [2.24, 2.45) is 11.3 Å². The molecule has 2 nitrogen and oxygen atoms in total. The summed E-state index contributed by atoms with van der Waals surface area (Å²) in [6, 6.07) is 0. The van der Waals surface area contributed by atoms with Gasteiger partial charge >= 0.3 is 5.97 Å². The van der Waals surface area contributed by atoms with Gasteiger partial charge in [-0.2, -0.15) is 0 Å². The molecular formula is C17H28O2. The summed E-state index contributed by atoms with van der Waals surface area (Å²) in [7, 11) is 0. The first-order valence-corrected chi connectivity index (χ1v) is 7.30. The van der Waals surface area contributed by atoms with E-state index in [0.29, 0.717) is 17.9 Å². The first-order valence-electron chi connectivity index (χ1n) is 7.30. The Labute approximate surface area is 117 Å². The molecule has 0 saturated heterocycles. The van der Waals surface area contributed by atoms with E-state index < -0.39 is 0 Å². The Kier molecular flexibility index (Phi) is 5.84. The van der Waals surface area contributed by atoms with Gasteiger partial charge in [0.05, 0.1) is 6.61 Å². The van der Waals surface area contributed by atoms with E-state index in [2.05, 4.69) is 27.0 Å². The number of ether oxygens (including phenoxy) is 1. The molecule has 108 valence electrons. The second-order valence-electron chi connectivity index (χ2n) is 6.20. The zero-order valence-corrected chi connectivity index (χ0v) is 12.8. The lowest BCUT2D eigenvalue weighted by Crippen LogP contribution is -2.41. The highest BCUT2D eigenvalue weighted by Crippen LogP contribution is 2.55. The zero-order valence-electron chi connectivity index (χ0n) is 12.8. The number of carbonyl (C=O) groups is 1. The molecule has 1 rings (SSSR count). The van der Waals surface area contributed by atoms with Crippen LogP contribution in [0.2, 0.25) is 0 Å². The van der Waals surface area contributed by atoms with Crippen LogP contribution in [0.25, 0.3) is 0 Å². The van der Waals surface area contributed by atoms with Crippen LogP contribution in [0.3, 0.4) is 0 Å². The van der Waals surface area contributed by atoms with Crippen LogP contribution >= 0.6 is 0 Å². The molecule has 0 unspecified atom stereocenters. The third kappa shape index (κ3) is 4.52. The highest BCUT2D eigenvalue weighted by atomic mass is 16.5. The summed E-state index contributed by atoms with van der Waals surface area (Å²) in [5, 5.41) is 0. The van der Waals surface area contributed by atoms with Gasteiger partial charge in [0, 0.05) is 6.92 Å². The SMILES string of the molecule is C=C(C)CCC[C@]1(CCOC(C)=O)CC[C@H]1C(=C)C. The summed E-state index contributed by atoms with van der Waals surface area (Å²) in [6.45, 7) is 14.3. The molecular weight excluding hydrogens is 236 g/mol. The first kappa shape index (κ1) is 16.0. The minimum Gasteiger partial charge on any atom is -0.466 e. The predicted molar refractivity (Wildman–Crippen MR) is 79.9 cm³/mol. The maximum atomic E-state index is 10.9. The molecule has 1 fully saturated rings. The molecule has 0 aliphatic heterocycles. The van der Waals surface area contributed by atoms with Crippen molar-refractivity contribution in [3.63, 3.8) is 0 Å². The Morgan fingerprint density at radius 3 is 2.37 bits per heavy atom. The van der Waals surface area contributed by atoms with Crippen LogP contribution in [0.1, 0.15) is 59.3 Å². The molecule has 0 radical (unpaired) electrons. The number of hydrogen-bond acceptors (Lipinski definition) is 2. The van der Waals surface area contributed by atoms with E-state index in [0.717, 1.165) is 12.8 Å². The fraction of sp³-hybridized carbons (Fsp3) is 0.706. The van der Waals surface area contributed by atoms with Crippen LogP contribution < -0.4 is 0 Å². The zero-order chi connectivity index (χ0) is 14.5. The molecule has 1 saturated carbocycles. The molecule has 2 atom stereocenters. The standard InChI is InChI=1S/C17H28O2/c1-13(2)7-6-9-17(11-12-19-15(5)18)10-8-16(17)14(3)4/h16H,1,3,6-12H2,2,4-5H3/t16-,17+/m0/s1. The van der Waals surface area contributed by atoms with E-state index in [1.807, 2.05) is 0 Å². The van der Waals surface area contributed by atoms with Crippen LogP contribution in [-0.4, -0.2) is 12.6 Å². The monoisotopic (exact) mass is 264 g/mol. The number of carbonyl (C=O) groups excluding carboxylic acids is 1. The van der Waals surface area contributed by atoms with Gasteiger partial charge in [0.25, 0.3) is 0 Å². The molecule has 0 aromatic heterocycles. The Hall–Kier alpha value is -1.05. The van der Waals surface area contributed by atoms with Gasteiger partial charge in [-0.1, -0.05) is 17.7 Å². The summed E-state index contributed by atoms with van der Waals surface area (Å²) in [5.41, 5.74) is 2.85. The maximum Gasteiger partial charge on any atom is 0.302 e. The Bertz CT molecular complexity index is 334. The highest BCUT2D eigenvalue weighted by molar-refractivity contribution is 5.65. The summed E-state index contributed by atoms with van der Waals surface area (Å²) < 4.78 is 5.14. The molecule has 0 spiro atoms. The molecule has 1 aliphatic carbocycles. The van der Waals surface area contributed by atoms with Crippen LogP contribution in [0.15, 0.2) is 24.3 Å². The molecule has 0 bridgehead atoms. The summed E-state index contributed by atoms with van der Waals surface area (Å²) in [6.07, 6.45) is 6.92. The van der Waals surface area contributed by atoms with Gasteiger partial charge in [-0.05, 0) is 63.7 Å². The molecule has 0 aromatic carbocycles. The normalized spacial score (nSPS) is 25.5. The topological polar surface area (TPSA) is 26.3 Å². The van der Waals surface area contributed by atoms with Gasteiger partial charge in [-0.15, -0.1) is 6.58 Å². The number of allylic oxidation sites excluding steroid dienone is 2. The average molecular weight is 264 g/mol. The van der Waals surface area contributed by atoms with E-state index in [1.54, 1.807) is 0 Å². The van der Waals surface area contributed by atoms with E-state index >= 15 is 0 Å². The third-order valence-electron chi connectivity index (χ3n) is 4.45. The predicted octanol–water partition coefficient (Wildman–Crippen LogP) is 4.66. The van der Waals surface area contributed by atoms with E-state index in [9.17, 15) is 4.79 Å². The van der Waals surface area contributed by atoms with Crippen LogP contribution in [-0.2, 0) is 9.53 Å². The highest BCUT2D eigenvalue weighted by Gasteiger charge is 2.45. The molecule has 0 aromatic rings. The van der Waals surface area contributed by atoms with E-state index in [1.165, 1.54) is 43.8 Å². The number of rotatable bonds is 8. The Morgan fingerprint density at radius 2 is 1.95 bits per heavy atom. The summed E-state index contributed by atoms with van der Waals surface area (Å²) >= 11 is 0. The molecule has 0 amide bonds. The van der Waals surface area contributed by atoms with Crippen molar-refractivity contribution in [2.75, 3.05) is 6.61 Å². The van der Waals surface area contributed by atoms with Crippen molar-refractivity contribution in [3.8, 4) is 0 Å². The quantitative estimate of drug-likeness (QED) is 0.471. The molecule has 19 heavy (non-hydrogen) atoms. The number of esters is 1. The molecule has 1 aliphatic rings. The minimum atomic E-state index is -0.178. The van der Waals surface area contributed by atoms with E-state index in [4.69, 9.17) is 4.74 Å². The molecule has 0 N–H and O–H groups in total. The third-order valence-corrected chi connectivity index (χ3v) is 4.45. The van der Waals surface area contributed by atoms with Crippen LogP contribution in [0.5, 0.6) is 0 Å². The van der Waals surface area contributed by atoms with Gasteiger partial charge in [0.1, 0.15) is 0 Å². The van der Waals surface area contributed by atoms with Gasteiger partial charge in [0.15, 0.2) is 0 Å². The number of hydrogen-bond donors (Lipinski definition) is 0. The van der Waals surface area contributed by atoms with Crippen LogP contribution in [0.4, 0.5) is 0 Å². The second kappa shape index (κ2) is 6.93. The lowest BCUT2D eigenvalue weighted by molar-refractivity contribution is -0.142. The van der Waals surface area contributed by atoms with Crippen molar-refractivity contribution in [3.05, 3.63) is 24.3 Å². The summed E-state index contributed by atoms with van der Waals surface area (Å²) in [5.74, 6) is 0.427. The lowest BCUT2D eigenvalue weighted by atomic mass is 9.54. The molecule has 2 heteroatoms. The van der Waals surface area contributed by atoms with Gasteiger partial charge in [-0.25, -0.2) is 0 Å². The Balaban J connectivity index is 2.55. The first-order chi connectivity index (χ1) is 8.87. The fourth-order valence-electron chi connectivity index (χ4n) is 3.33. The largest absolute Gasteiger partial charge is 0.466 e. The van der Waals surface area contributed by atoms with Crippen molar-refractivity contribution in [1.29, 1.82) is 0 Å². The smallest absolute Gasteiger partial charge is 0.302 e. The molecule has 0 heterocycles. The van der Waals surface area contributed by atoms with Crippen LogP contribution in [0, 0.1) is 11.3 Å². The van der Waals surface area contributed by atoms with Gasteiger partial charge < -0.3 is 4.74 Å². The van der Waals surface area contributed by atoms with Crippen molar-refractivity contribution >= 4 is 5.97 Å². The second-order valence-corrected chi connectivity index (χ2v) is 6.20.